The van der Waals surface area contributed by atoms with Gasteiger partial charge >= 0.3 is 0 Å². The van der Waals surface area contributed by atoms with Crippen LogP contribution in [0.15, 0.2) is 28.4 Å². The Morgan fingerprint density at radius 1 is 1.41 bits per heavy atom. The number of aromatic nitrogens is 1. The van der Waals surface area contributed by atoms with Crippen molar-refractivity contribution in [2.75, 3.05) is 39.1 Å². The summed E-state index contributed by atoms with van der Waals surface area (Å²) in [5.74, 6) is -0.0774. The van der Waals surface area contributed by atoms with Gasteiger partial charge in [0.1, 0.15) is 0 Å². The van der Waals surface area contributed by atoms with Gasteiger partial charge in [-0.05, 0) is 24.5 Å². The number of fused-ring (bicyclic) bond motifs is 1. The average Bonchev–Trinajstić information content (AvgIpc) is 2.95. The Bertz CT molecular complexity index is 893. The fourth-order valence-corrected chi connectivity index (χ4v) is 3.11. The first-order valence-corrected chi connectivity index (χ1v) is 9.94. The molecular weight excluding hydrogens is 390 g/mol. The van der Waals surface area contributed by atoms with Gasteiger partial charge in [0.2, 0.25) is 5.88 Å². The van der Waals surface area contributed by atoms with E-state index in [1.54, 1.807) is 16.9 Å². The normalized spacial score (nSPS) is 15.6. The lowest BCUT2D eigenvalue weighted by Crippen LogP contribution is -2.38. The topological polar surface area (TPSA) is 105 Å². The molecule has 0 unspecified atom stereocenters. The minimum atomic E-state index is -0.477. The molecule has 1 aromatic carbocycles. The van der Waals surface area contributed by atoms with Crippen molar-refractivity contribution in [1.29, 1.82) is 0 Å². The Labute approximate surface area is 165 Å². The van der Waals surface area contributed by atoms with Crippen molar-refractivity contribution in [2.24, 2.45) is 10.2 Å². The maximum atomic E-state index is 11.1. The number of hydrogen-bond acceptors (Lipinski definition) is 8. The smallest absolute Gasteiger partial charge is 0.270 e. The van der Waals surface area contributed by atoms with Crippen LogP contribution in [-0.4, -0.2) is 62.9 Å². The van der Waals surface area contributed by atoms with E-state index in [-0.39, 0.29) is 17.3 Å². The highest BCUT2D eigenvalue weighted by atomic mass is 32.2. The minimum absolute atomic E-state index is 0.0725. The molecule has 1 saturated heterocycles. The first-order chi connectivity index (χ1) is 13.0. The third kappa shape index (κ3) is 4.43. The zero-order chi connectivity index (χ0) is 19.4. The molecule has 0 radical (unpaired) electrons. The summed E-state index contributed by atoms with van der Waals surface area (Å²) in [6.45, 7) is 4.28. The van der Waals surface area contributed by atoms with Gasteiger partial charge in [-0.15, -0.1) is 10.2 Å². The summed E-state index contributed by atoms with van der Waals surface area (Å²) in [6.07, 6.45) is 1.78. The van der Waals surface area contributed by atoms with E-state index in [1.807, 2.05) is 0 Å². The highest BCUT2D eigenvalue weighted by molar-refractivity contribution is 8.22. The lowest BCUT2D eigenvalue weighted by atomic mass is 10.2. The molecule has 0 atom stereocenters. The van der Waals surface area contributed by atoms with Crippen LogP contribution in [0, 0.1) is 10.1 Å². The lowest BCUT2D eigenvalue weighted by Gasteiger charge is -2.26. The summed E-state index contributed by atoms with van der Waals surface area (Å²) in [4.78, 5) is 12.9. The Hall–Kier alpha value is -2.08. The highest BCUT2D eigenvalue weighted by Gasteiger charge is 2.20. The Kier molecular flexibility index (Phi) is 6.37. The Balaban J connectivity index is 1.98. The molecule has 0 spiro atoms. The van der Waals surface area contributed by atoms with E-state index in [0.29, 0.717) is 35.0 Å². The SMILES string of the molecule is CSC(=S)N=Nc1c(O)n(CCN2CCOCC2)c2ccc([N+](=O)[O-])cc12. The molecule has 0 amide bonds. The number of aromatic hydroxyl groups is 1. The van der Waals surface area contributed by atoms with Crippen molar-refractivity contribution in [2.45, 2.75) is 6.54 Å². The van der Waals surface area contributed by atoms with Gasteiger partial charge in [-0.2, -0.15) is 0 Å². The number of rotatable bonds is 5. The van der Waals surface area contributed by atoms with Crippen LogP contribution in [-0.2, 0) is 11.3 Å². The number of nitro benzene ring substituents is 1. The predicted molar refractivity (Wildman–Crippen MR) is 108 cm³/mol. The maximum Gasteiger partial charge on any atom is 0.270 e. The van der Waals surface area contributed by atoms with E-state index >= 15 is 0 Å². The van der Waals surface area contributed by atoms with Gasteiger partial charge in [-0.1, -0.05) is 11.8 Å². The fourth-order valence-electron chi connectivity index (χ4n) is 2.95. The van der Waals surface area contributed by atoms with Crippen LogP contribution in [0.3, 0.4) is 0 Å². The molecule has 11 heteroatoms. The van der Waals surface area contributed by atoms with Crippen LogP contribution in [0.1, 0.15) is 0 Å². The number of nitrogens with zero attached hydrogens (tertiary/aromatic N) is 5. The van der Waals surface area contributed by atoms with E-state index < -0.39 is 4.92 Å². The van der Waals surface area contributed by atoms with E-state index in [4.69, 9.17) is 17.0 Å². The number of thiocarbonyl (C=S) groups is 1. The molecule has 1 aromatic heterocycles. The van der Waals surface area contributed by atoms with Crippen molar-refractivity contribution in [3.05, 3.63) is 28.3 Å². The quantitative estimate of drug-likeness (QED) is 0.349. The second kappa shape index (κ2) is 8.74. The van der Waals surface area contributed by atoms with E-state index in [0.717, 1.165) is 19.6 Å². The molecule has 1 aliphatic heterocycles. The third-order valence-electron chi connectivity index (χ3n) is 4.35. The number of morpholine rings is 1. The van der Waals surface area contributed by atoms with Crippen LogP contribution in [0.25, 0.3) is 10.9 Å². The molecule has 2 aromatic rings. The average molecular weight is 409 g/mol. The van der Waals surface area contributed by atoms with Gasteiger partial charge in [-0.25, -0.2) is 0 Å². The van der Waals surface area contributed by atoms with Crippen LogP contribution in [0.2, 0.25) is 0 Å². The molecule has 1 aliphatic rings. The minimum Gasteiger partial charge on any atom is -0.493 e. The molecule has 144 valence electrons. The standard InChI is InChI=1S/C16H19N5O4S2/c1-27-16(26)18-17-14-12-10-11(21(23)24)2-3-13(12)20(15(14)22)5-4-19-6-8-25-9-7-19/h2-3,10,22H,4-9H2,1H3. The maximum absolute atomic E-state index is 11.1. The number of azo groups is 1. The van der Waals surface area contributed by atoms with Crippen LogP contribution >= 0.6 is 24.0 Å². The highest BCUT2D eigenvalue weighted by Crippen LogP contribution is 2.40. The summed E-state index contributed by atoms with van der Waals surface area (Å²) in [6, 6.07) is 4.44. The lowest BCUT2D eigenvalue weighted by molar-refractivity contribution is -0.384. The Morgan fingerprint density at radius 2 is 2.15 bits per heavy atom. The largest absolute Gasteiger partial charge is 0.493 e. The summed E-state index contributed by atoms with van der Waals surface area (Å²) in [5, 5.41) is 30.3. The zero-order valence-electron chi connectivity index (χ0n) is 14.7. The van der Waals surface area contributed by atoms with Crippen LogP contribution in [0.5, 0.6) is 5.88 Å². The second-order valence-electron chi connectivity index (χ2n) is 5.91. The number of hydrogen-bond donors (Lipinski definition) is 1. The summed E-state index contributed by atoms with van der Waals surface area (Å²) >= 11 is 6.27. The van der Waals surface area contributed by atoms with Gasteiger partial charge in [0.15, 0.2) is 10.0 Å². The summed E-state index contributed by atoms with van der Waals surface area (Å²) in [7, 11) is 0. The van der Waals surface area contributed by atoms with Gasteiger partial charge in [-0.3, -0.25) is 15.0 Å². The van der Waals surface area contributed by atoms with Gasteiger partial charge < -0.3 is 14.4 Å². The predicted octanol–water partition coefficient (Wildman–Crippen LogP) is 3.32. The number of nitro groups is 1. The summed E-state index contributed by atoms with van der Waals surface area (Å²) < 4.78 is 7.36. The number of ether oxygens (including phenoxy) is 1. The molecule has 9 nitrogen and oxygen atoms in total. The first kappa shape index (κ1) is 19.7. The first-order valence-electron chi connectivity index (χ1n) is 8.30. The Morgan fingerprint density at radius 3 is 2.81 bits per heavy atom. The van der Waals surface area contributed by atoms with Crippen LogP contribution < -0.4 is 0 Å². The van der Waals surface area contributed by atoms with E-state index in [2.05, 4.69) is 15.1 Å². The van der Waals surface area contributed by atoms with Crippen molar-refractivity contribution in [1.82, 2.24) is 9.47 Å². The summed E-state index contributed by atoms with van der Waals surface area (Å²) in [5.41, 5.74) is 0.777. The molecule has 0 aliphatic carbocycles. The van der Waals surface area contributed by atoms with Crippen molar-refractivity contribution in [3.63, 3.8) is 0 Å². The fraction of sp³-hybridized carbons (Fsp3) is 0.438. The molecule has 0 bridgehead atoms. The van der Waals surface area contributed by atoms with Crippen molar-refractivity contribution in [3.8, 4) is 5.88 Å². The molecule has 3 rings (SSSR count). The number of benzene rings is 1. The molecule has 0 saturated carbocycles. The number of thioether (sulfide) groups is 1. The zero-order valence-corrected chi connectivity index (χ0v) is 16.3. The molecule has 2 heterocycles. The molecule has 27 heavy (non-hydrogen) atoms. The monoisotopic (exact) mass is 409 g/mol. The molecule has 1 fully saturated rings. The van der Waals surface area contributed by atoms with E-state index in [9.17, 15) is 15.2 Å². The van der Waals surface area contributed by atoms with E-state index in [1.165, 1.54) is 23.9 Å². The molecular formula is C16H19N5O4S2. The van der Waals surface area contributed by atoms with Gasteiger partial charge in [0.25, 0.3) is 5.69 Å². The van der Waals surface area contributed by atoms with Gasteiger partial charge in [0, 0.05) is 43.7 Å². The van der Waals surface area contributed by atoms with Crippen molar-refractivity contribution < 1.29 is 14.8 Å². The van der Waals surface area contributed by atoms with Crippen molar-refractivity contribution >= 4 is 50.6 Å². The van der Waals surface area contributed by atoms with Gasteiger partial charge in [0.05, 0.1) is 23.7 Å². The van der Waals surface area contributed by atoms with Crippen LogP contribution in [0.4, 0.5) is 11.4 Å². The third-order valence-corrected chi connectivity index (χ3v) is 5.37. The second-order valence-corrected chi connectivity index (χ2v) is 7.35. The molecule has 1 N–H and O–H groups in total. The number of non-ortho nitro benzene ring substituents is 1.